The summed E-state index contributed by atoms with van der Waals surface area (Å²) < 4.78 is 34.9. The van der Waals surface area contributed by atoms with Crippen molar-refractivity contribution in [2.24, 2.45) is 11.8 Å². The van der Waals surface area contributed by atoms with Crippen LogP contribution in [0.15, 0.2) is 18.2 Å². The molecule has 1 N–H and O–H groups in total. The summed E-state index contributed by atoms with van der Waals surface area (Å²) in [5.74, 6) is 0.236. The molecule has 1 saturated carbocycles. The van der Waals surface area contributed by atoms with Gasteiger partial charge in [0.15, 0.2) is 0 Å². The predicted octanol–water partition coefficient (Wildman–Crippen LogP) is 1.90. The lowest BCUT2D eigenvalue weighted by atomic mass is 9.79. The van der Waals surface area contributed by atoms with Crippen LogP contribution in [0, 0.1) is 11.8 Å². The molecule has 2 fully saturated rings. The summed E-state index contributed by atoms with van der Waals surface area (Å²) >= 11 is 0. The van der Waals surface area contributed by atoms with Gasteiger partial charge in [-0.15, -0.1) is 0 Å². The molecule has 4 rings (SSSR count). The molecule has 1 saturated heterocycles. The highest BCUT2D eigenvalue weighted by atomic mass is 32.2. The topological polar surface area (TPSA) is 75.7 Å². The van der Waals surface area contributed by atoms with E-state index in [0.29, 0.717) is 24.6 Å². The smallest absolute Gasteiger partial charge is 0.337 e. The highest BCUT2D eigenvalue weighted by Gasteiger charge is 2.59. The maximum atomic E-state index is 12.7. The van der Waals surface area contributed by atoms with E-state index in [1.807, 2.05) is 25.1 Å². The fraction of sp³-hybridized carbons (Fsp3) is 0.632. The summed E-state index contributed by atoms with van der Waals surface area (Å²) in [6.45, 7) is 3.14. The van der Waals surface area contributed by atoms with Crippen LogP contribution in [0.1, 0.15) is 47.7 Å². The van der Waals surface area contributed by atoms with E-state index >= 15 is 0 Å². The van der Waals surface area contributed by atoms with Crippen molar-refractivity contribution in [2.45, 2.75) is 44.6 Å². The van der Waals surface area contributed by atoms with E-state index in [9.17, 15) is 13.2 Å². The Morgan fingerprint density at radius 3 is 2.62 bits per heavy atom. The molecule has 0 radical (unpaired) electrons. The third kappa shape index (κ3) is 2.68. The molecule has 2 bridgehead atoms. The number of esters is 1. The second kappa shape index (κ2) is 6.32. The van der Waals surface area contributed by atoms with Crippen molar-refractivity contribution in [1.82, 2.24) is 9.03 Å². The monoisotopic (exact) mass is 378 g/mol. The number of rotatable bonds is 3. The number of carbonyl (C=O) groups is 1. The summed E-state index contributed by atoms with van der Waals surface area (Å²) in [4.78, 5) is 11.9. The van der Waals surface area contributed by atoms with E-state index in [4.69, 9.17) is 4.74 Å². The molecule has 1 aromatic rings. The standard InChI is InChI=1S/C19H26N2O4S/c1-3-8-21-12-19(20-26(21,23)24)16-6-7-17(19)11-15-9-14(18(22)25-2)5-4-13(15)10-16/h4-5,9,16-17,20H,3,6-8,10-12H2,1-2H3/t16-,17+,19-/m1/s1. The minimum absolute atomic E-state index is 0.262. The number of benzene rings is 1. The Hall–Kier alpha value is -1.44. The molecule has 26 heavy (non-hydrogen) atoms. The minimum atomic E-state index is -3.40. The van der Waals surface area contributed by atoms with Crippen LogP contribution in [-0.2, 0) is 27.8 Å². The zero-order chi connectivity index (χ0) is 18.5. The van der Waals surface area contributed by atoms with E-state index in [1.165, 1.54) is 12.7 Å². The molecule has 0 unspecified atom stereocenters. The average molecular weight is 378 g/mol. The highest BCUT2D eigenvalue weighted by molar-refractivity contribution is 7.87. The van der Waals surface area contributed by atoms with Crippen LogP contribution in [0.25, 0.3) is 0 Å². The Kier molecular flexibility index (Phi) is 4.36. The van der Waals surface area contributed by atoms with Crippen molar-refractivity contribution in [3.8, 4) is 0 Å². The highest BCUT2D eigenvalue weighted by Crippen LogP contribution is 2.50. The molecule has 1 aromatic carbocycles. The zero-order valence-electron chi connectivity index (χ0n) is 15.3. The van der Waals surface area contributed by atoms with Gasteiger partial charge in [-0.3, -0.25) is 0 Å². The largest absolute Gasteiger partial charge is 0.465 e. The minimum Gasteiger partial charge on any atom is -0.465 e. The number of methoxy groups -OCH3 is 1. The molecule has 1 spiro atoms. The molecule has 7 heteroatoms. The SMILES string of the molecule is CCCN1C[C@@]2(NS1(=O)=O)[C@@H]1CC[C@H]2Cc2cc(C(=O)OC)ccc2C1. The lowest BCUT2D eigenvalue weighted by molar-refractivity contribution is 0.0600. The molecule has 3 aliphatic rings. The van der Waals surface area contributed by atoms with E-state index < -0.39 is 10.2 Å². The normalized spacial score (nSPS) is 32.4. The second-order valence-corrected chi connectivity index (χ2v) is 9.51. The van der Waals surface area contributed by atoms with Crippen molar-refractivity contribution in [3.63, 3.8) is 0 Å². The number of fused-ring (bicyclic) bond motifs is 1. The Morgan fingerprint density at radius 2 is 1.96 bits per heavy atom. The van der Waals surface area contributed by atoms with E-state index in [-0.39, 0.29) is 17.4 Å². The third-order valence-electron chi connectivity index (χ3n) is 6.45. The van der Waals surface area contributed by atoms with Gasteiger partial charge < -0.3 is 4.74 Å². The number of ether oxygens (including phenoxy) is 1. The number of nitrogens with one attached hydrogen (secondary N) is 1. The van der Waals surface area contributed by atoms with Gasteiger partial charge in [0.1, 0.15) is 0 Å². The maximum Gasteiger partial charge on any atom is 0.337 e. The third-order valence-corrected chi connectivity index (χ3v) is 8.08. The Balaban J connectivity index is 1.69. The van der Waals surface area contributed by atoms with Crippen LogP contribution in [-0.4, -0.2) is 44.4 Å². The van der Waals surface area contributed by atoms with Crippen LogP contribution < -0.4 is 4.72 Å². The van der Waals surface area contributed by atoms with Crippen LogP contribution in [0.3, 0.4) is 0 Å². The van der Waals surface area contributed by atoms with E-state index in [2.05, 4.69) is 4.72 Å². The number of carbonyl (C=O) groups excluding carboxylic acids is 1. The molecular weight excluding hydrogens is 352 g/mol. The van der Waals surface area contributed by atoms with Crippen LogP contribution in [0.5, 0.6) is 0 Å². The van der Waals surface area contributed by atoms with Crippen molar-refractivity contribution >= 4 is 16.2 Å². The fourth-order valence-corrected chi connectivity index (χ4v) is 7.01. The van der Waals surface area contributed by atoms with Gasteiger partial charge in [0.2, 0.25) is 0 Å². The van der Waals surface area contributed by atoms with Crippen molar-refractivity contribution in [1.29, 1.82) is 0 Å². The van der Waals surface area contributed by atoms with Gasteiger partial charge in [-0.05, 0) is 67.2 Å². The summed E-state index contributed by atoms with van der Waals surface area (Å²) in [6.07, 6.45) is 4.55. The molecule has 1 aliphatic heterocycles. The first-order valence-corrected chi connectivity index (χ1v) is 10.8. The number of hydrogen-bond acceptors (Lipinski definition) is 4. The first-order chi connectivity index (χ1) is 12.4. The molecule has 0 aromatic heterocycles. The van der Waals surface area contributed by atoms with Gasteiger partial charge in [-0.1, -0.05) is 13.0 Å². The van der Waals surface area contributed by atoms with Gasteiger partial charge >= 0.3 is 5.97 Å². The van der Waals surface area contributed by atoms with Gasteiger partial charge in [0, 0.05) is 13.1 Å². The zero-order valence-corrected chi connectivity index (χ0v) is 16.1. The molecule has 6 nitrogen and oxygen atoms in total. The summed E-state index contributed by atoms with van der Waals surface area (Å²) in [6, 6.07) is 5.77. The molecule has 2 aliphatic carbocycles. The van der Waals surface area contributed by atoms with Gasteiger partial charge in [-0.25, -0.2) is 4.79 Å². The molecule has 0 amide bonds. The van der Waals surface area contributed by atoms with E-state index in [0.717, 1.165) is 37.7 Å². The first-order valence-electron chi connectivity index (χ1n) is 9.39. The lowest BCUT2D eigenvalue weighted by Gasteiger charge is -2.33. The molecular formula is C19H26N2O4S. The Morgan fingerprint density at radius 1 is 1.27 bits per heavy atom. The first kappa shape index (κ1) is 17.9. The molecule has 3 atom stereocenters. The quantitative estimate of drug-likeness (QED) is 0.815. The number of nitrogens with zero attached hydrogens (tertiary/aromatic N) is 1. The average Bonchev–Trinajstić information content (AvgIpc) is 2.99. The van der Waals surface area contributed by atoms with Gasteiger partial charge in [0.25, 0.3) is 10.2 Å². The Labute approximate surface area is 155 Å². The fourth-order valence-electron chi connectivity index (χ4n) is 5.20. The predicted molar refractivity (Wildman–Crippen MR) is 98.1 cm³/mol. The van der Waals surface area contributed by atoms with E-state index in [1.54, 1.807) is 4.31 Å². The Bertz CT molecular complexity index is 838. The van der Waals surface area contributed by atoms with Gasteiger partial charge in [0.05, 0.1) is 18.2 Å². The van der Waals surface area contributed by atoms with Crippen LogP contribution in [0.2, 0.25) is 0 Å². The summed E-state index contributed by atoms with van der Waals surface area (Å²) in [5, 5.41) is 0. The molecule has 142 valence electrons. The summed E-state index contributed by atoms with van der Waals surface area (Å²) in [5.41, 5.74) is 2.58. The van der Waals surface area contributed by atoms with Crippen molar-refractivity contribution < 1.29 is 17.9 Å². The summed E-state index contributed by atoms with van der Waals surface area (Å²) in [7, 11) is -2.01. The number of hydrogen-bond donors (Lipinski definition) is 1. The van der Waals surface area contributed by atoms with Crippen LogP contribution in [0.4, 0.5) is 0 Å². The second-order valence-electron chi connectivity index (χ2n) is 7.84. The van der Waals surface area contributed by atoms with Crippen molar-refractivity contribution in [2.75, 3.05) is 20.2 Å². The molecule has 1 heterocycles. The lowest BCUT2D eigenvalue weighted by Crippen LogP contribution is -2.52. The van der Waals surface area contributed by atoms with Crippen LogP contribution >= 0.6 is 0 Å². The van der Waals surface area contributed by atoms with Crippen molar-refractivity contribution in [3.05, 3.63) is 34.9 Å². The maximum absolute atomic E-state index is 12.7. The van der Waals surface area contributed by atoms with Gasteiger partial charge in [-0.2, -0.15) is 17.4 Å².